The van der Waals surface area contributed by atoms with Gasteiger partial charge in [0.25, 0.3) is 0 Å². The van der Waals surface area contributed by atoms with Gasteiger partial charge in [0.05, 0.1) is 11.2 Å². The molecule has 3 heteroatoms. The lowest BCUT2D eigenvalue weighted by atomic mass is 9.89. The lowest BCUT2D eigenvalue weighted by Crippen LogP contribution is -2.38. The Labute approximate surface area is 119 Å². The molecule has 0 radical (unpaired) electrons. The molecule has 2 aromatic carbocycles. The molecule has 0 aliphatic carbocycles. The van der Waals surface area contributed by atoms with Gasteiger partial charge in [0.1, 0.15) is 5.84 Å². The summed E-state index contributed by atoms with van der Waals surface area (Å²) in [5.74, 6) is 0.903. The molecule has 2 N–H and O–H groups in total. The third-order valence-electron chi connectivity index (χ3n) is 3.41. The number of hydrogen-bond donors (Lipinski definition) is 2. The highest BCUT2D eigenvalue weighted by atomic mass is 15.4. The summed E-state index contributed by atoms with van der Waals surface area (Å²) in [7, 11) is 0. The van der Waals surface area contributed by atoms with Gasteiger partial charge in [-0.05, 0) is 38.0 Å². The monoisotopic (exact) mass is 265 g/mol. The summed E-state index contributed by atoms with van der Waals surface area (Å²) in [6, 6.07) is 18.5. The largest absolute Gasteiger partial charge is 0.300 e. The van der Waals surface area contributed by atoms with Gasteiger partial charge in [-0.25, -0.2) is 0 Å². The van der Waals surface area contributed by atoms with Crippen molar-refractivity contribution in [1.82, 2.24) is 5.43 Å². The van der Waals surface area contributed by atoms with Gasteiger partial charge in [0, 0.05) is 5.56 Å². The van der Waals surface area contributed by atoms with E-state index < -0.39 is 0 Å². The number of amidine groups is 1. The van der Waals surface area contributed by atoms with Crippen LogP contribution in [0.5, 0.6) is 0 Å². The minimum atomic E-state index is -0.0744. The minimum Gasteiger partial charge on any atom is -0.300 e. The van der Waals surface area contributed by atoms with Crippen LogP contribution in [0.15, 0.2) is 59.6 Å². The van der Waals surface area contributed by atoms with E-state index in [0.29, 0.717) is 0 Å². The molecule has 3 nitrogen and oxygen atoms in total. The fraction of sp³-hybridized carbons (Fsp3) is 0.235. The van der Waals surface area contributed by atoms with Gasteiger partial charge in [0.2, 0.25) is 0 Å². The Kier molecular flexibility index (Phi) is 3.18. The lowest BCUT2D eigenvalue weighted by Gasteiger charge is -2.29. The van der Waals surface area contributed by atoms with E-state index in [2.05, 4.69) is 49.0 Å². The maximum Gasteiger partial charge on any atom is 0.147 e. The van der Waals surface area contributed by atoms with E-state index in [1.54, 1.807) is 0 Å². The van der Waals surface area contributed by atoms with Gasteiger partial charge in [-0.2, -0.15) is 0 Å². The Morgan fingerprint density at radius 2 is 1.60 bits per heavy atom. The van der Waals surface area contributed by atoms with Gasteiger partial charge in [-0.1, -0.05) is 42.5 Å². The summed E-state index contributed by atoms with van der Waals surface area (Å²) in [5.41, 5.74) is 9.93. The Bertz CT molecular complexity index is 630. The predicted octanol–water partition coefficient (Wildman–Crippen LogP) is 3.38. The average molecular weight is 265 g/mol. The third-order valence-corrected chi connectivity index (χ3v) is 3.41. The maximum absolute atomic E-state index is 4.81. The van der Waals surface area contributed by atoms with Gasteiger partial charge in [-0.15, -0.1) is 0 Å². The van der Waals surface area contributed by atoms with Crippen LogP contribution in [0.3, 0.4) is 0 Å². The zero-order valence-electron chi connectivity index (χ0n) is 11.9. The van der Waals surface area contributed by atoms with Crippen molar-refractivity contribution in [2.24, 2.45) is 4.99 Å². The van der Waals surface area contributed by atoms with Crippen molar-refractivity contribution in [2.45, 2.75) is 25.8 Å². The fourth-order valence-corrected chi connectivity index (χ4v) is 2.52. The quantitative estimate of drug-likeness (QED) is 0.817. The van der Waals surface area contributed by atoms with Crippen molar-refractivity contribution in [3.8, 4) is 0 Å². The van der Waals surface area contributed by atoms with Crippen molar-refractivity contribution in [3.63, 3.8) is 0 Å². The summed E-state index contributed by atoms with van der Waals surface area (Å²) in [6.07, 6.45) is 0.972. The Morgan fingerprint density at radius 3 is 2.40 bits per heavy atom. The predicted molar refractivity (Wildman–Crippen MR) is 84.0 cm³/mol. The van der Waals surface area contributed by atoms with E-state index in [9.17, 15) is 0 Å². The maximum atomic E-state index is 4.81. The number of nitrogens with one attached hydrogen (secondary N) is 2. The van der Waals surface area contributed by atoms with Gasteiger partial charge >= 0.3 is 0 Å². The van der Waals surface area contributed by atoms with Crippen LogP contribution in [0.25, 0.3) is 0 Å². The normalized spacial score (nSPS) is 16.0. The third kappa shape index (κ3) is 2.67. The number of benzene rings is 2. The van der Waals surface area contributed by atoms with E-state index >= 15 is 0 Å². The molecule has 0 unspecified atom stereocenters. The van der Waals surface area contributed by atoms with Crippen LogP contribution >= 0.6 is 0 Å². The van der Waals surface area contributed by atoms with Gasteiger partial charge in [-0.3, -0.25) is 15.8 Å². The molecule has 102 valence electrons. The number of anilines is 1. The second kappa shape index (κ2) is 5.00. The second-order valence-corrected chi connectivity index (χ2v) is 5.72. The average Bonchev–Trinajstić information content (AvgIpc) is 2.45. The Balaban J connectivity index is 1.85. The summed E-state index contributed by atoms with van der Waals surface area (Å²) in [4.78, 5) is 4.81. The van der Waals surface area contributed by atoms with E-state index in [-0.39, 0.29) is 5.54 Å². The summed E-state index contributed by atoms with van der Waals surface area (Å²) in [6.45, 7) is 4.32. The van der Waals surface area contributed by atoms with E-state index in [1.165, 1.54) is 11.1 Å². The number of rotatable bonds is 2. The molecule has 1 heterocycles. The van der Waals surface area contributed by atoms with Crippen LogP contribution in [-0.4, -0.2) is 11.4 Å². The molecule has 0 saturated heterocycles. The van der Waals surface area contributed by atoms with Crippen molar-refractivity contribution < 1.29 is 0 Å². The number of hydrazine groups is 1. The molecule has 0 amide bonds. The molecule has 2 aromatic rings. The first-order chi connectivity index (χ1) is 9.64. The lowest BCUT2D eigenvalue weighted by molar-refractivity contribution is 0.510. The van der Waals surface area contributed by atoms with Crippen LogP contribution < -0.4 is 10.9 Å². The first-order valence-corrected chi connectivity index (χ1v) is 6.89. The van der Waals surface area contributed by atoms with Crippen LogP contribution in [0.4, 0.5) is 5.69 Å². The SMILES string of the molecule is CC1(C)Cc2ccccc2C(NNc2ccccc2)=N1. The van der Waals surface area contributed by atoms with Crippen LogP contribution in [0.1, 0.15) is 25.0 Å². The van der Waals surface area contributed by atoms with Crippen molar-refractivity contribution in [2.75, 3.05) is 5.43 Å². The van der Waals surface area contributed by atoms with Crippen molar-refractivity contribution >= 4 is 11.5 Å². The molecule has 0 spiro atoms. The summed E-state index contributed by atoms with van der Waals surface area (Å²) in [5, 5.41) is 0. The molecule has 0 aromatic heterocycles. The minimum absolute atomic E-state index is 0.0744. The zero-order valence-corrected chi connectivity index (χ0v) is 11.9. The molecule has 0 atom stereocenters. The Morgan fingerprint density at radius 1 is 0.900 bits per heavy atom. The van der Waals surface area contributed by atoms with E-state index in [4.69, 9.17) is 4.99 Å². The molecule has 3 rings (SSSR count). The van der Waals surface area contributed by atoms with E-state index in [1.807, 2.05) is 30.3 Å². The molecule has 20 heavy (non-hydrogen) atoms. The standard InChI is InChI=1S/C17H19N3/c1-17(2)12-13-8-6-7-11-15(13)16(18-17)20-19-14-9-4-3-5-10-14/h3-11,19H,12H2,1-2H3,(H,18,20). The highest BCUT2D eigenvalue weighted by molar-refractivity contribution is 6.01. The highest BCUT2D eigenvalue weighted by Crippen LogP contribution is 2.25. The topological polar surface area (TPSA) is 36.4 Å². The molecule has 0 fully saturated rings. The number of fused-ring (bicyclic) bond motifs is 1. The molecular weight excluding hydrogens is 246 g/mol. The van der Waals surface area contributed by atoms with Crippen LogP contribution in [0.2, 0.25) is 0 Å². The van der Waals surface area contributed by atoms with Crippen LogP contribution in [-0.2, 0) is 6.42 Å². The smallest absolute Gasteiger partial charge is 0.147 e. The molecule has 0 saturated carbocycles. The number of nitrogens with zero attached hydrogens (tertiary/aromatic N) is 1. The van der Waals surface area contributed by atoms with Gasteiger partial charge < -0.3 is 0 Å². The van der Waals surface area contributed by atoms with Gasteiger partial charge in [0.15, 0.2) is 0 Å². The first kappa shape index (κ1) is 12.7. The number of hydrogen-bond acceptors (Lipinski definition) is 3. The van der Waals surface area contributed by atoms with E-state index in [0.717, 1.165) is 17.9 Å². The number of aliphatic imine (C=N–C) groups is 1. The van der Waals surface area contributed by atoms with Crippen molar-refractivity contribution in [1.29, 1.82) is 0 Å². The van der Waals surface area contributed by atoms with Crippen molar-refractivity contribution in [3.05, 3.63) is 65.7 Å². The Hall–Kier alpha value is -2.29. The molecule has 1 aliphatic rings. The molecular formula is C17H19N3. The second-order valence-electron chi connectivity index (χ2n) is 5.72. The van der Waals surface area contributed by atoms with Crippen LogP contribution in [0, 0.1) is 0 Å². The number of para-hydroxylation sites is 1. The summed E-state index contributed by atoms with van der Waals surface area (Å²) < 4.78 is 0. The zero-order chi connectivity index (χ0) is 14.0. The first-order valence-electron chi connectivity index (χ1n) is 6.89. The molecule has 0 bridgehead atoms. The highest BCUT2D eigenvalue weighted by Gasteiger charge is 2.26. The summed E-state index contributed by atoms with van der Waals surface area (Å²) >= 11 is 0. The fourth-order valence-electron chi connectivity index (χ4n) is 2.52. The molecule has 1 aliphatic heterocycles.